The summed E-state index contributed by atoms with van der Waals surface area (Å²) in [5, 5.41) is 21.5. The second kappa shape index (κ2) is 18.3. The van der Waals surface area contributed by atoms with E-state index in [1.807, 2.05) is 0 Å². The monoisotopic (exact) mass is 897 g/mol. The second-order valence-corrected chi connectivity index (χ2v) is 19.6. The van der Waals surface area contributed by atoms with E-state index in [-0.39, 0.29) is 34.5 Å². The summed E-state index contributed by atoms with van der Waals surface area (Å²) in [5.74, 6) is 1.71. The number of aromatic nitrogens is 4. The van der Waals surface area contributed by atoms with Crippen LogP contribution in [0.15, 0.2) is 109 Å². The summed E-state index contributed by atoms with van der Waals surface area (Å²) in [7, 11) is 16.5. The number of carbonyl (C=O) groups is 2. The zero-order valence-corrected chi connectivity index (χ0v) is 40.2. The number of benzene rings is 4. The molecule has 2 heterocycles. The molecule has 2 aromatic heterocycles. The first-order chi connectivity index (χ1) is 32.2. The van der Waals surface area contributed by atoms with Crippen molar-refractivity contribution in [2.75, 3.05) is 86.6 Å². The van der Waals surface area contributed by atoms with Crippen LogP contribution in [0.3, 0.4) is 0 Å². The number of carbonyl (C=O) groups excluding carboxylic acids is 2. The standard InChI is InChI=1S/C28H33N5O.C27H31N5O/c1-32(2)22-12-6-10-20(16-22)28(21-11-7-13-23(17-21)33(3)4)15-14-24-25(18-28)30-31-26(24)29-27(34)19-8-5-9-19;1-31(2)21-9-5-7-19(15-21)27(20-8-6-10-22(16-20)32(3)4)14-13-23-24(17-27)29-30-25(23)28-26(33)18-11-12-18/h6-7,10-17,19H,5,8-9,18H2,1-4H3,(H2,29,30,31,34);5-10,13-16,18H,11-12,17H2,1-4H3,(H2,28,29,30,33). The van der Waals surface area contributed by atoms with Gasteiger partial charge in [0.2, 0.25) is 11.8 Å². The highest BCUT2D eigenvalue weighted by atomic mass is 16.2. The summed E-state index contributed by atoms with van der Waals surface area (Å²) in [6, 6.07) is 34.9. The largest absolute Gasteiger partial charge is 0.378 e. The Morgan fingerprint density at radius 2 is 0.836 bits per heavy atom. The summed E-state index contributed by atoms with van der Waals surface area (Å²) >= 11 is 0. The van der Waals surface area contributed by atoms with Crippen molar-refractivity contribution in [1.82, 2.24) is 20.4 Å². The van der Waals surface area contributed by atoms with Crippen molar-refractivity contribution in [3.05, 3.63) is 154 Å². The third kappa shape index (κ3) is 8.97. The molecule has 0 radical (unpaired) electrons. The van der Waals surface area contributed by atoms with Crippen molar-refractivity contribution >= 4 is 58.4 Å². The van der Waals surface area contributed by atoms with Crippen LogP contribution in [0, 0.1) is 11.8 Å². The first kappa shape index (κ1) is 45.1. The van der Waals surface area contributed by atoms with Gasteiger partial charge in [0.1, 0.15) is 0 Å². The van der Waals surface area contributed by atoms with Gasteiger partial charge in [-0.1, -0.05) is 79.3 Å². The highest BCUT2D eigenvalue weighted by Crippen LogP contribution is 2.46. The number of hydrogen-bond acceptors (Lipinski definition) is 8. The number of allylic oxidation sites excluding steroid dienone is 2. The van der Waals surface area contributed by atoms with E-state index in [0.29, 0.717) is 11.6 Å². The molecule has 12 nitrogen and oxygen atoms in total. The molecule has 2 saturated carbocycles. The molecule has 67 heavy (non-hydrogen) atoms. The van der Waals surface area contributed by atoms with Crippen molar-refractivity contribution in [2.24, 2.45) is 11.8 Å². The van der Waals surface area contributed by atoms with E-state index in [1.165, 1.54) is 22.3 Å². The molecule has 4 N–H and O–H groups in total. The summed E-state index contributed by atoms with van der Waals surface area (Å²) in [6.45, 7) is 0. The molecule has 4 aromatic carbocycles. The Balaban J connectivity index is 0.000000168. The Morgan fingerprint density at radius 1 is 0.507 bits per heavy atom. The van der Waals surface area contributed by atoms with Crippen molar-refractivity contribution in [3.63, 3.8) is 0 Å². The minimum absolute atomic E-state index is 0.0758. The van der Waals surface area contributed by atoms with E-state index in [2.05, 4.69) is 228 Å². The molecule has 0 unspecified atom stereocenters. The summed E-state index contributed by atoms with van der Waals surface area (Å²) < 4.78 is 0. The number of rotatable bonds is 12. The number of amides is 2. The van der Waals surface area contributed by atoms with Gasteiger partial charge in [-0.3, -0.25) is 19.8 Å². The normalized spacial score (nSPS) is 16.4. The van der Waals surface area contributed by atoms with Crippen molar-refractivity contribution < 1.29 is 9.59 Å². The van der Waals surface area contributed by atoms with Crippen LogP contribution in [0.4, 0.5) is 34.4 Å². The molecule has 0 aliphatic heterocycles. The Bertz CT molecular complexity index is 2740. The van der Waals surface area contributed by atoms with E-state index < -0.39 is 0 Å². The molecule has 10 rings (SSSR count). The quantitative estimate of drug-likeness (QED) is 0.0958. The van der Waals surface area contributed by atoms with Gasteiger partial charge in [-0.15, -0.1) is 0 Å². The lowest BCUT2D eigenvalue weighted by Crippen LogP contribution is -2.31. The number of fused-ring (bicyclic) bond motifs is 2. The maximum absolute atomic E-state index is 12.6. The van der Waals surface area contributed by atoms with Crippen LogP contribution in [0.2, 0.25) is 0 Å². The smallest absolute Gasteiger partial charge is 0.228 e. The Labute approximate surface area is 395 Å². The number of aromatic amines is 2. The highest BCUT2D eigenvalue weighted by Gasteiger charge is 2.40. The van der Waals surface area contributed by atoms with E-state index in [1.54, 1.807) is 0 Å². The van der Waals surface area contributed by atoms with Crippen LogP contribution in [0.1, 0.15) is 76.9 Å². The van der Waals surface area contributed by atoms with Crippen LogP contribution < -0.4 is 30.2 Å². The van der Waals surface area contributed by atoms with Gasteiger partial charge < -0.3 is 30.2 Å². The molecule has 12 heteroatoms. The summed E-state index contributed by atoms with van der Waals surface area (Å²) in [6.07, 6.45) is 15.3. The van der Waals surface area contributed by atoms with Gasteiger partial charge in [-0.05, 0) is 96.5 Å². The van der Waals surface area contributed by atoms with Gasteiger partial charge in [-0.2, -0.15) is 10.2 Å². The number of nitrogens with one attached hydrogen (secondary N) is 4. The van der Waals surface area contributed by atoms with Crippen LogP contribution in [-0.2, 0) is 33.3 Å². The molecular formula is C55H64N10O2. The number of H-pyrrole nitrogens is 2. The Hall–Kier alpha value is -7.08. The van der Waals surface area contributed by atoms with Gasteiger partial charge >= 0.3 is 0 Å². The van der Waals surface area contributed by atoms with Gasteiger partial charge in [-0.25, -0.2) is 0 Å². The zero-order valence-electron chi connectivity index (χ0n) is 40.2. The van der Waals surface area contributed by atoms with Crippen LogP contribution in [-0.4, -0.2) is 88.6 Å². The number of nitrogens with zero attached hydrogens (tertiary/aromatic N) is 6. The van der Waals surface area contributed by atoms with Crippen LogP contribution >= 0.6 is 0 Å². The average molecular weight is 897 g/mol. The minimum Gasteiger partial charge on any atom is -0.378 e. The second-order valence-electron chi connectivity index (χ2n) is 19.6. The van der Waals surface area contributed by atoms with Crippen LogP contribution in [0.25, 0.3) is 12.2 Å². The highest BCUT2D eigenvalue weighted by molar-refractivity contribution is 5.96. The number of anilines is 6. The van der Waals surface area contributed by atoms with Gasteiger partial charge in [0.25, 0.3) is 0 Å². The van der Waals surface area contributed by atoms with Crippen LogP contribution in [0.5, 0.6) is 0 Å². The van der Waals surface area contributed by atoms with Crippen molar-refractivity contribution in [3.8, 4) is 0 Å². The fourth-order valence-electron chi connectivity index (χ4n) is 9.55. The molecule has 0 saturated heterocycles. The lowest BCUT2D eigenvalue weighted by molar-refractivity contribution is -0.122. The molecule has 4 aliphatic rings. The third-order valence-electron chi connectivity index (χ3n) is 14.2. The topological polar surface area (TPSA) is 129 Å². The predicted octanol–water partition coefficient (Wildman–Crippen LogP) is 9.28. The SMILES string of the molecule is CN(C)c1cccc(C2(c3cccc(N(C)C)c3)C=Cc3c(NC(=O)C4CC4)n[nH]c3C2)c1.CN(C)c1cccc(C2(c3cccc(N(C)C)c3)C=Cc3c(NC(=O)C4CCC4)n[nH]c3C2)c1. The molecular weight excluding hydrogens is 833 g/mol. The molecule has 0 spiro atoms. The lowest BCUT2D eigenvalue weighted by atomic mass is 9.68. The van der Waals surface area contributed by atoms with E-state index >= 15 is 0 Å². The van der Waals surface area contributed by atoms with E-state index in [0.717, 1.165) is 90.2 Å². The Kier molecular flexibility index (Phi) is 12.3. The van der Waals surface area contributed by atoms with Gasteiger partial charge in [0.15, 0.2) is 11.6 Å². The molecule has 346 valence electrons. The molecule has 0 atom stereocenters. The third-order valence-corrected chi connectivity index (χ3v) is 14.2. The van der Waals surface area contributed by atoms with Gasteiger partial charge in [0, 0.05) is 137 Å². The number of hydrogen-bond donors (Lipinski definition) is 4. The molecule has 0 bridgehead atoms. The lowest BCUT2D eigenvalue weighted by Gasteiger charge is -2.35. The Morgan fingerprint density at radius 3 is 1.12 bits per heavy atom. The fourth-order valence-corrected chi connectivity index (χ4v) is 9.55. The van der Waals surface area contributed by atoms with Crippen molar-refractivity contribution in [1.29, 1.82) is 0 Å². The van der Waals surface area contributed by atoms with Crippen molar-refractivity contribution in [2.45, 2.75) is 55.8 Å². The summed E-state index contributed by atoms with van der Waals surface area (Å²) in [4.78, 5) is 33.4. The molecule has 2 amide bonds. The van der Waals surface area contributed by atoms with E-state index in [4.69, 9.17) is 0 Å². The molecule has 6 aromatic rings. The van der Waals surface area contributed by atoms with E-state index in [9.17, 15) is 9.59 Å². The molecule has 4 aliphatic carbocycles. The summed E-state index contributed by atoms with van der Waals surface area (Å²) in [5.41, 5.74) is 12.9. The molecule has 2 fully saturated rings. The minimum atomic E-state index is -0.354. The fraction of sp³-hybridized carbons (Fsp3) is 0.345. The maximum Gasteiger partial charge on any atom is 0.228 e. The predicted molar refractivity (Wildman–Crippen MR) is 275 cm³/mol. The van der Waals surface area contributed by atoms with Gasteiger partial charge in [0.05, 0.1) is 0 Å². The average Bonchev–Trinajstić information content (AvgIpc) is 4.00. The maximum atomic E-state index is 12.6. The first-order valence-electron chi connectivity index (χ1n) is 23.5. The zero-order chi connectivity index (χ0) is 47.0. The first-order valence-corrected chi connectivity index (χ1v) is 23.5.